The van der Waals surface area contributed by atoms with Gasteiger partial charge in [-0.25, -0.2) is 4.79 Å². The number of benzene rings is 1. The van der Waals surface area contributed by atoms with Gasteiger partial charge in [0.15, 0.2) is 0 Å². The van der Waals surface area contributed by atoms with Crippen molar-refractivity contribution in [1.29, 1.82) is 0 Å². The highest BCUT2D eigenvalue weighted by atomic mass is 16.5. The first-order valence-corrected chi connectivity index (χ1v) is 5.99. The molecule has 0 aromatic heterocycles. The van der Waals surface area contributed by atoms with Crippen LogP contribution in [-0.4, -0.2) is 23.8 Å². The van der Waals surface area contributed by atoms with E-state index in [4.69, 9.17) is 9.84 Å². The summed E-state index contributed by atoms with van der Waals surface area (Å²) in [5, 5.41) is 8.98. The lowest BCUT2D eigenvalue weighted by Crippen LogP contribution is -2.19. The van der Waals surface area contributed by atoms with Gasteiger partial charge in [0.05, 0.1) is 18.3 Å². The minimum absolute atomic E-state index is 0.0652. The van der Waals surface area contributed by atoms with Crippen LogP contribution >= 0.6 is 0 Å². The Balaban J connectivity index is 2.16. The van der Waals surface area contributed by atoms with Gasteiger partial charge in [0.2, 0.25) is 0 Å². The SMILES string of the molecule is CC(C)OCC1(c2cccc(C(=O)O)c2)CC1. The van der Waals surface area contributed by atoms with Crippen LogP contribution in [0.4, 0.5) is 0 Å². The molecule has 0 saturated heterocycles. The second-order valence-corrected chi connectivity index (χ2v) is 5.03. The molecule has 1 aliphatic carbocycles. The van der Waals surface area contributed by atoms with Crippen molar-refractivity contribution < 1.29 is 14.6 Å². The minimum atomic E-state index is -0.868. The summed E-state index contributed by atoms with van der Waals surface area (Å²) in [6.45, 7) is 4.72. The van der Waals surface area contributed by atoms with Crippen molar-refractivity contribution in [3.63, 3.8) is 0 Å². The molecule has 2 rings (SSSR count). The molecule has 0 radical (unpaired) electrons. The van der Waals surface area contributed by atoms with Gasteiger partial charge in [-0.1, -0.05) is 12.1 Å². The maximum atomic E-state index is 10.9. The fourth-order valence-electron chi connectivity index (χ4n) is 1.98. The van der Waals surface area contributed by atoms with Crippen LogP contribution in [0.5, 0.6) is 0 Å². The van der Waals surface area contributed by atoms with Crippen LogP contribution in [0.3, 0.4) is 0 Å². The first-order chi connectivity index (χ1) is 8.03. The lowest BCUT2D eigenvalue weighted by Gasteiger charge is -2.18. The van der Waals surface area contributed by atoms with E-state index in [1.54, 1.807) is 12.1 Å². The topological polar surface area (TPSA) is 46.5 Å². The van der Waals surface area contributed by atoms with Crippen molar-refractivity contribution in [2.75, 3.05) is 6.61 Å². The normalized spacial score (nSPS) is 17.1. The highest BCUT2D eigenvalue weighted by Gasteiger charge is 2.44. The molecule has 1 aliphatic rings. The smallest absolute Gasteiger partial charge is 0.335 e. The third-order valence-corrected chi connectivity index (χ3v) is 3.27. The number of carboxylic acid groups (broad SMARTS) is 1. The number of carbonyl (C=O) groups is 1. The van der Waals surface area contributed by atoms with Gasteiger partial charge in [-0.05, 0) is 44.4 Å². The molecule has 17 heavy (non-hydrogen) atoms. The average Bonchev–Trinajstić information content (AvgIpc) is 3.08. The van der Waals surface area contributed by atoms with E-state index in [-0.39, 0.29) is 11.5 Å². The van der Waals surface area contributed by atoms with Gasteiger partial charge < -0.3 is 9.84 Å². The monoisotopic (exact) mass is 234 g/mol. The highest BCUT2D eigenvalue weighted by molar-refractivity contribution is 5.87. The number of carboxylic acids is 1. The number of hydrogen-bond acceptors (Lipinski definition) is 2. The maximum Gasteiger partial charge on any atom is 0.335 e. The zero-order valence-corrected chi connectivity index (χ0v) is 10.3. The van der Waals surface area contributed by atoms with Gasteiger partial charge in [-0.2, -0.15) is 0 Å². The molecule has 1 aromatic carbocycles. The molecule has 0 unspecified atom stereocenters. The quantitative estimate of drug-likeness (QED) is 0.852. The van der Waals surface area contributed by atoms with E-state index in [1.165, 1.54) is 0 Å². The van der Waals surface area contributed by atoms with E-state index in [0.717, 1.165) is 18.4 Å². The molecular weight excluding hydrogens is 216 g/mol. The summed E-state index contributed by atoms with van der Waals surface area (Å²) >= 11 is 0. The molecule has 0 amide bonds. The van der Waals surface area contributed by atoms with Gasteiger partial charge in [0, 0.05) is 5.41 Å². The van der Waals surface area contributed by atoms with Crippen molar-refractivity contribution in [2.24, 2.45) is 0 Å². The van der Waals surface area contributed by atoms with Crippen LogP contribution < -0.4 is 0 Å². The predicted molar refractivity (Wildman–Crippen MR) is 65.4 cm³/mol. The molecule has 0 atom stereocenters. The van der Waals surface area contributed by atoms with Gasteiger partial charge in [-0.3, -0.25) is 0 Å². The van der Waals surface area contributed by atoms with E-state index in [1.807, 2.05) is 26.0 Å². The Hall–Kier alpha value is -1.35. The van der Waals surface area contributed by atoms with Crippen molar-refractivity contribution in [1.82, 2.24) is 0 Å². The number of rotatable bonds is 5. The second-order valence-electron chi connectivity index (χ2n) is 5.03. The lowest BCUT2D eigenvalue weighted by atomic mass is 9.95. The zero-order valence-electron chi connectivity index (χ0n) is 10.3. The minimum Gasteiger partial charge on any atom is -0.478 e. The second kappa shape index (κ2) is 4.49. The Morgan fingerprint density at radius 2 is 2.18 bits per heavy atom. The molecular formula is C14H18O3. The van der Waals surface area contributed by atoms with E-state index >= 15 is 0 Å². The summed E-state index contributed by atoms with van der Waals surface area (Å²) in [6, 6.07) is 7.22. The van der Waals surface area contributed by atoms with Gasteiger partial charge in [0.1, 0.15) is 0 Å². The van der Waals surface area contributed by atoms with E-state index in [0.29, 0.717) is 12.2 Å². The number of ether oxygens (including phenoxy) is 1. The average molecular weight is 234 g/mol. The molecule has 0 spiro atoms. The number of hydrogen-bond donors (Lipinski definition) is 1. The molecule has 92 valence electrons. The molecule has 1 fully saturated rings. The summed E-state index contributed by atoms with van der Waals surface area (Å²) in [6.07, 6.45) is 2.39. The Morgan fingerprint density at radius 1 is 1.47 bits per heavy atom. The van der Waals surface area contributed by atoms with Gasteiger partial charge in [0.25, 0.3) is 0 Å². The Labute approximate surface area is 101 Å². The summed E-state index contributed by atoms with van der Waals surface area (Å²) in [7, 11) is 0. The molecule has 1 saturated carbocycles. The zero-order chi connectivity index (χ0) is 12.5. The van der Waals surface area contributed by atoms with Gasteiger partial charge in [-0.15, -0.1) is 0 Å². The number of aromatic carboxylic acids is 1. The molecule has 0 aliphatic heterocycles. The molecule has 3 nitrogen and oxygen atoms in total. The first-order valence-electron chi connectivity index (χ1n) is 5.99. The fraction of sp³-hybridized carbons (Fsp3) is 0.500. The van der Waals surface area contributed by atoms with Gasteiger partial charge >= 0.3 is 5.97 Å². The summed E-state index contributed by atoms with van der Waals surface area (Å²) in [4.78, 5) is 10.9. The summed E-state index contributed by atoms with van der Waals surface area (Å²) in [5.74, 6) is -0.868. The van der Waals surface area contributed by atoms with Crippen LogP contribution in [0.2, 0.25) is 0 Å². The van der Waals surface area contributed by atoms with Crippen molar-refractivity contribution in [2.45, 2.75) is 38.2 Å². The maximum absolute atomic E-state index is 10.9. The molecule has 0 heterocycles. The van der Waals surface area contributed by atoms with Crippen LogP contribution in [0.1, 0.15) is 42.6 Å². The Bertz CT molecular complexity index is 419. The van der Waals surface area contributed by atoms with Crippen LogP contribution in [0.25, 0.3) is 0 Å². The van der Waals surface area contributed by atoms with E-state index < -0.39 is 5.97 Å². The molecule has 1 aromatic rings. The van der Waals surface area contributed by atoms with Crippen LogP contribution in [0.15, 0.2) is 24.3 Å². The third-order valence-electron chi connectivity index (χ3n) is 3.27. The summed E-state index contributed by atoms with van der Waals surface area (Å²) < 4.78 is 5.68. The van der Waals surface area contributed by atoms with Crippen molar-refractivity contribution in [3.8, 4) is 0 Å². The highest BCUT2D eigenvalue weighted by Crippen LogP contribution is 2.48. The van der Waals surface area contributed by atoms with Crippen molar-refractivity contribution in [3.05, 3.63) is 35.4 Å². The van der Waals surface area contributed by atoms with Crippen LogP contribution in [0, 0.1) is 0 Å². The standard InChI is InChI=1S/C14H18O3/c1-10(2)17-9-14(6-7-14)12-5-3-4-11(8-12)13(15)16/h3-5,8,10H,6-7,9H2,1-2H3,(H,15,16). The molecule has 3 heteroatoms. The largest absolute Gasteiger partial charge is 0.478 e. The Kier molecular flexibility index (Phi) is 3.20. The third kappa shape index (κ3) is 2.67. The Morgan fingerprint density at radius 3 is 2.71 bits per heavy atom. The molecule has 1 N–H and O–H groups in total. The summed E-state index contributed by atoms with van der Waals surface area (Å²) in [5.41, 5.74) is 1.52. The van der Waals surface area contributed by atoms with Crippen molar-refractivity contribution >= 4 is 5.97 Å². The van der Waals surface area contributed by atoms with E-state index in [9.17, 15) is 4.79 Å². The van der Waals surface area contributed by atoms with Crippen LogP contribution in [-0.2, 0) is 10.2 Å². The van der Waals surface area contributed by atoms with E-state index in [2.05, 4.69) is 0 Å². The fourth-order valence-corrected chi connectivity index (χ4v) is 1.98. The lowest BCUT2D eigenvalue weighted by molar-refractivity contribution is 0.0616. The predicted octanol–water partition coefficient (Wildman–Crippen LogP) is 2.84. The first kappa shape index (κ1) is 12.1. The molecule has 0 bridgehead atoms.